The molecule has 0 aliphatic heterocycles. The van der Waals surface area contributed by atoms with E-state index < -0.39 is 103 Å². The van der Waals surface area contributed by atoms with E-state index in [4.69, 9.17) is 9.47 Å². The minimum absolute atomic E-state index is 0.760. The molecule has 4 rings (SSSR count). The number of ether oxygens (including phenoxy) is 2. The summed E-state index contributed by atoms with van der Waals surface area (Å²) in [5.41, 5.74) is -5.27. The van der Waals surface area contributed by atoms with E-state index in [-0.39, 0.29) is 0 Å². The smallest absolute Gasteiger partial charge is 0.201 e. The maximum atomic E-state index is 14.6. The van der Waals surface area contributed by atoms with E-state index in [1.165, 1.54) is 0 Å². The molecule has 0 N–H and O–H groups in total. The van der Waals surface area contributed by atoms with E-state index in [0.29, 0.717) is 0 Å². The highest BCUT2D eigenvalue weighted by Gasteiger charge is 2.44. The highest BCUT2D eigenvalue weighted by atomic mass is 19.2. The fraction of sp³-hybridized carbons (Fsp3) is 0.100. The highest BCUT2D eigenvalue weighted by Crippen LogP contribution is 2.48. The van der Waals surface area contributed by atoms with E-state index in [1.807, 2.05) is 0 Å². The van der Waals surface area contributed by atoms with Crippen LogP contribution in [-0.2, 0) is 0 Å². The summed E-state index contributed by atoms with van der Waals surface area (Å²) in [5.74, 6) is -23.6. The van der Waals surface area contributed by atoms with Crippen LogP contribution < -0.4 is 9.47 Å². The Bertz CT molecular complexity index is 1310. The fourth-order valence-electron chi connectivity index (χ4n) is 3.68. The van der Waals surface area contributed by atoms with Crippen LogP contribution in [0.3, 0.4) is 0 Å². The first-order valence-corrected chi connectivity index (χ1v) is 8.39. The molecule has 1 aliphatic carbocycles. The third-order valence-electron chi connectivity index (χ3n) is 5.01. The quantitative estimate of drug-likeness (QED) is 0.245. The first-order chi connectivity index (χ1) is 15.0. The number of hydrogen-bond acceptors (Lipinski definition) is 4. The number of carbonyl (C=O) groups is 2. The molecule has 0 saturated carbocycles. The van der Waals surface area contributed by atoms with Crippen LogP contribution in [0.15, 0.2) is 0 Å². The predicted octanol–water partition coefficient (Wildman–Crippen LogP) is 4.75. The number of methoxy groups -OCH3 is 2. The molecule has 0 aromatic heterocycles. The average molecular weight is 462 g/mol. The normalized spacial score (nSPS) is 12.8. The van der Waals surface area contributed by atoms with E-state index >= 15 is 0 Å². The fourth-order valence-corrected chi connectivity index (χ4v) is 3.68. The summed E-state index contributed by atoms with van der Waals surface area (Å²) in [6, 6.07) is 0. The topological polar surface area (TPSA) is 52.6 Å². The zero-order chi connectivity index (χ0) is 23.8. The molecular formula is C20H6F8O4. The summed E-state index contributed by atoms with van der Waals surface area (Å²) in [6.45, 7) is 0. The van der Waals surface area contributed by atoms with Crippen molar-refractivity contribution in [3.63, 3.8) is 0 Å². The Morgan fingerprint density at radius 3 is 1.00 bits per heavy atom. The van der Waals surface area contributed by atoms with Crippen LogP contribution in [0.5, 0.6) is 11.5 Å². The molecule has 0 atom stereocenters. The van der Waals surface area contributed by atoms with Gasteiger partial charge in [0.2, 0.25) is 11.6 Å². The van der Waals surface area contributed by atoms with Gasteiger partial charge in [-0.25, -0.2) is 35.1 Å². The number of hydrogen-bond donors (Lipinski definition) is 0. The first kappa shape index (κ1) is 21.5. The second-order valence-electron chi connectivity index (χ2n) is 6.49. The van der Waals surface area contributed by atoms with Gasteiger partial charge in [0.1, 0.15) is 11.5 Å². The SMILES string of the molecule is COc1c2c(c(OC)c3c(F)c(F)c(F)c(F)c13)C(=O)c1c(F)c(F)c(F)c(F)c1C2=O. The number of benzene rings is 3. The van der Waals surface area contributed by atoms with Crippen LogP contribution in [0.2, 0.25) is 0 Å². The molecule has 12 heteroatoms. The molecule has 0 heterocycles. The summed E-state index contributed by atoms with van der Waals surface area (Å²) in [5, 5.41) is -2.40. The number of carbonyl (C=O) groups excluding carboxylic acids is 2. The van der Waals surface area contributed by atoms with Crippen molar-refractivity contribution in [3.8, 4) is 11.5 Å². The zero-order valence-electron chi connectivity index (χ0n) is 15.7. The van der Waals surface area contributed by atoms with Crippen molar-refractivity contribution in [1.29, 1.82) is 0 Å². The highest BCUT2D eigenvalue weighted by molar-refractivity contribution is 6.32. The van der Waals surface area contributed by atoms with Crippen LogP contribution in [0.25, 0.3) is 10.8 Å². The van der Waals surface area contributed by atoms with Crippen LogP contribution in [0.4, 0.5) is 35.1 Å². The summed E-state index contributed by atoms with van der Waals surface area (Å²) in [7, 11) is 1.52. The molecule has 3 aromatic carbocycles. The van der Waals surface area contributed by atoms with Gasteiger partial charge in [0, 0.05) is 0 Å². The van der Waals surface area contributed by atoms with Crippen molar-refractivity contribution in [2.24, 2.45) is 0 Å². The van der Waals surface area contributed by atoms with E-state index in [0.717, 1.165) is 14.2 Å². The Morgan fingerprint density at radius 2 is 0.719 bits per heavy atom. The van der Waals surface area contributed by atoms with E-state index in [1.54, 1.807) is 0 Å². The van der Waals surface area contributed by atoms with Gasteiger partial charge < -0.3 is 9.47 Å². The molecule has 0 fully saturated rings. The molecule has 0 bridgehead atoms. The second-order valence-corrected chi connectivity index (χ2v) is 6.49. The van der Waals surface area contributed by atoms with Gasteiger partial charge in [0.05, 0.1) is 47.2 Å². The summed E-state index contributed by atoms with van der Waals surface area (Å²) < 4.78 is 123. The molecule has 0 saturated heterocycles. The third-order valence-corrected chi connectivity index (χ3v) is 5.01. The third kappa shape index (κ3) is 2.37. The molecule has 1 aliphatic rings. The van der Waals surface area contributed by atoms with Crippen molar-refractivity contribution in [2.45, 2.75) is 0 Å². The number of ketones is 2. The standard InChI is InChI=1S/C20H6F8O4/c1-31-19-5-6(12(24)16(28)15(27)11(5)23)20(32-2)8-7(19)17(29)3-4(18(8)30)10(22)14(26)13(25)9(3)21/h1-2H3. The Hall–Kier alpha value is -3.70. The second kappa shape index (κ2) is 6.90. The van der Waals surface area contributed by atoms with Crippen molar-refractivity contribution in [1.82, 2.24) is 0 Å². The zero-order valence-corrected chi connectivity index (χ0v) is 15.7. The van der Waals surface area contributed by atoms with Crippen LogP contribution in [0, 0.1) is 46.5 Å². The molecule has 4 nitrogen and oxygen atoms in total. The van der Waals surface area contributed by atoms with Gasteiger partial charge in [-0.05, 0) is 0 Å². The minimum atomic E-state index is -2.41. The monoisotopic (exact) mass is 462 g/mol. The van der Waals surface area contributed by atoms with Gasteiger partial charge in [0.25, 0.3) is 0 Å². The van der Waals surface area contributed by atoms with Gasteiger partial charge in [-0.2, -0.15) is 0 Å². The Balaban J connectivity index is 2.32. The molecule has 0 spiro atoms. The lowest BCUT2D eigenvalue weighted by atomic mass is 9.80. The molecule has 32 heavy (non-hydrogen) atoms. The summed E-state index contributed by atoms with van der Waals surface area (Å²) in [6.07, 6.45) is 0. The number of rotatable bonds is 2. The van der Waals surface area contributed by atoms with Crippen molar-refractivity contribution >= 4 is 22.3 Å². The van der Waals surface area contributed by atoms with E-state index in [9.17, 15) is 44.7 Å². The maximum Gasteiger partial charge on any atom is 0.201 e. The van der Waals surface area contributed by atoms with Gasteiger partial charge >= 0.3 is 0 Å². The van der Waals surface area contributed by atoms with Crippen LogP contribution in [0.1, 0.15) is 31.8 Å². The van der Waals surface area contributed by atoms with Crippen LogP contribution in [-0.4, -0.2) is 25.8 Å². The molecule has 3 aromatic rings. The molecule has 0 radical (unpaired) electrons. The van der Waals surface area contributed by atoms with Crippen molar-refractivity contribution in [3.05, 3.63) is 68.8 Å². The van der Waals surface area contributed by atoms with Crippen molar-refractivity contribution in [2.75, 3.05) is 14.2 Å². The lowest BCUT2D eigenvalue weighted by molar-refractivity contribution is 0.0964. The molecule has 0 amide bonds. The van der Waals surface area contributed by atoms with Crippen LogP contribution >= 0.6 is 0 Å². The first-order valence-electron chi connectivity index (χ1n) is 8.39. The summed E-state index contributed by atoms with van der Waals surface area (Å²) in [4.78, 5) is 25.9. The average Bonchev–Trinajstić information content (AvgIpc) is 2.78. The minimum Gasteiger partial charge on any atom is -0.495 e. The Kier molecular flexibility index (Phi) is 4.64. The summed E-state index contributed by atoms with van der Waals surface area (Å²) >= 11 is 0. The molecule has 166 valence electrons. The number of halogens is 8. The Labute approximate surface area is 171 Å². The number of fused-ring (bicyclic) bond motifs is 3. The van der Waals surface area contributed by atoms with Gasteiger partial charge in [-0.3, -0.25) is 9.59 Å². The van der Waals surface area contributed by atoms with Gasteiger partial charge in [-0.1, -0.05) is 0 Å². The van der Waals surface area contributed by atoms with Gasteiger partial charge in [0.15, 0.2) is 46.5 Å². The lowest BCUT2D eigenvalue weighted by Gasteiger charge is -2.25. The van der Waals surface area contributed by atoms with E-state index in [2.05, 4.69) is 0 Å². The van der Waals surface area contributed by atoms with Crippen molar-refractivity contribution < 1.29 is 54.2 Å². The Morgan fingerprint density at radius 1 is 0.438 bits per heavy atom. The maximum absolute atomic E-state index is 14.6. The molecular weight excluding hydrogens is 456 g/mol. The predicted molar refractivity (Wildman–Crippen MR) is 90.0 cm³/mol. The van der Waals surface area contributed by atoms with Gasteiger partial charge in [-0.15, -0.1) is 0 Å². The lowest BCUT2D eigenvalue weighted by Crippen LogP contribution is -2.27. The molecule has 0 unspecified atom stereocenters. The largest absolute Gasteiger partial charge is 0.495 e.